The summed E-state index contributed by atoms with van der Waals surface area (Å²) in [6, 6.07) is 4.02. The zero-order valence-electron chi connectivity index (χ0n) is 7.29. The number of nitrogens with zero attached hydrogens (tertiary/aromatic N) is 1. The first kappa shape index (κ1) is 9.16. The number of hydrogen-bond donors (Lipinski definition) is 1. The van der Waals surface area contributed by atoms with Gasteiger partial charge in [0.2, 0.25) is 0 Å². The zero-order valence-corrected chi connectivity index (χ0v) is 7.29. The monoisotopic (exact) mass is 166 g/mol. The molecule has 0 amide bonds. The van der Waals surface area contributed by atoms with E-state index in [4.69, 9.17) is 4.84 Å². The maximum absolute atomic E-state index is 4.99. The summed E-state index contributed by atoms with van der Waals surface area (Å²) in [5.74, 6) is 0. The van der Waals surface area contributed by atoms with E-state index >= 15 is 0 Å². The van der Waals surface area contributed by atoms with Crippen LogP contribution >= 0.6 is 0 Å². The highest BCUT2D eigenvalue weighted by molar-refractivity contribution is 5.09. The van der Waals surface area contributed by atoms with Crippen molar-refractivity contribution in [2.75, 3.05) is 13.2 Å². The highest BCUT2D eigenvalue weighted by Gasteiger charge is 1.90. The van der Waals surface area contributed by atoms with Crippen LogP contribution < -0.4 is 5.48 Å². The molecule has 1 N–H and O–H groups in total. The normalized spacial score (nSPS) is 10.1. The van der Waals surface area contributed by atoms with Crippen molar-refractivity contribution in [3.8, 4) is 0 Å². The van der Waals surface area contributed by atoms with Crippen LogP contribution in [0.5, 0.6) is 0 Å². The lowest BCUT2D eigenvalue weighted by Gasteiger charge is -2.02. The first-order valence-corrected chi connectivity index (χ1v) is 4.17. The summed E-state index contributed by atoms with van der Waals surface area (Å²) in [7, 11) is 0. The molecule has 0 aliphatic rings. The minimum atomic E-state index is 0.705. The molecule has 0 aliphatic heterocycles. The van der Waals surface area contributed by atoms with Crippen molar-refractivity contribution < 1.29 is 4.84 Å². The van der Waals surface area contributed by atoms with E-state index in [1.807, 2.05) is 19.1 Å². The smallest absolute Gasteiger partial charge is 0.0653 e. The van der Waals surface area contributed by atoms with Gasteiger partial charge in [0.15, 0.2) is 0 Å². The van der Waals surface area contributed by atoms with Crippen LogP contribution in [-0.4, -0.2) is 18.1 Å². The average Bonchev–Trinajstić information content (AvgIpc) is 2.14. The molecule has 3 heteroatoms. The van der Waals surface area contributed by atoms with Gasteiger partial charge in [0, 0.05) is 18.9 Å². The summed E-state index contributed by atoms with van der Waals surface area (Å²) in [5, 5.41) is 0. The summed E-state index contributed by atoms with van der Waals surface area (Å²) >= 11 is 0. The van der Waals surface area contributed by atoms with Crippen molar-refractivity contribution in [2.24, 2.45) is 0 Å². The maximum Gasteiger partial charge on any atom is 0.0653 e. The summed E-state index contributed by atoms with van der Waals surface area (Å²) in [4.78, 5) is 8.93. The van der Waals surface area contributed by atoms with E-state index in [9.17, 15) is 0 Å². The lowest BCUT2D eigenvalue weighted by Crippen LogP contribution is -2.17. The molecule has 0 aliphatic carbocycles. The standard InChI is InChI=1S/C9H14N2O/c1-2-12-11-8-5-9-3-6-10-7-4-9/h3-4,6-7,11H,2,5,8H2,1H3. The van der Waals surface area contributed by atoms with Crippen molar-refractivity contribution in [3.63, 3.8) is 0 Å². The van der Waals surface area contributed by atoms with Crippen molar-refractivity contribution in [2.45, 2.75) is 13.3 Å². The van der Waals surface area contributed by atoms with Gasteiger partial charge in [0.05, 0.1) is 6.61 Å². The Morgan fingerprint density at radius 3 is 2.83 bits per heavy atom. The third kappa shape index (κ3) is 3.46. The minimum Gasteiger partial charge on any atom is -0.302 e. The number of hydrogen-bond acceptors (Lipinski definition) is 3. The van der Waals surface area contributed by atoms with Crippen molar-refractivity contribution in [3.05, 3.63) is 30.1 Å². The first-order valence-electron chi connectivity index (χ1n) is 4.17. The topological polar surface area (TPSA) is 34.1 Å². The lowest BCUT2D eigenvalue weighted by atomic mass is 10.2. The molecule has 12 heavy (non-hydrogen) atoms. The van der Waals surface area contributed by atoms with Crippen LogP contribution in [0.2, 0.25) is 0 Å². The molecule has 0 spiro atoms. The quantitative estimate of drug-likeness (QED) is 0.526. The van der Waals surface area contributed by atoms with Crippen LogP contribution in [0.1, 0.15) is 12.5 Å². The third-order valence-electron chi connectivity index (χ3n) is 1.51. The molecule has 1 aromatic heterocycles. The molecule has 0 atom stereocenters. The van der Waals surface area contributed by atoms with E-state index in [-0.39, 0.29) is 0 Å². The molecular formula is C9H14N2O. The Hall–Kier alpha value is -0.930. The van der Waals surface area contributed by atoms with Gasteiger partial charge < -0.3 is 4.84 Å². The first-order chi connectivity index (χ1) is 5.93. The second-order valence-corrected chi connectivity index (χ2v) is 2.43. The number of pyridine rings is 1. The van der Waals surface area contributed by atoms with Crippen LogP contribution in [0.15, 0.2) is 24.5 Å². The van der Waals surface area contributed by atoms with Gasteiger partial charge in [-0.2, -0.15) is 0 Å². The van der Waals surface area contributed by atoms with E-state index in [1.54, 1.807) is 12.4 Å². The summed E-state index contributed by atoms with van der Waals surface area (Å²) in [6.45, 7) is 3.51. The maximum atomic E-state index is 4.99. The third-order valence-corrected chi connectivity index (χ3v) is 1.51. The predicted octanol–water partition coefficient (Wildman–Crippen LogP) is 1.17. The Labute approximate surface area is 72.7 Å². The Morgan fingerprint density at radius 1 is 1.42 bits per heavy atom. The van der Waals surface area contributed by atoms with Gasteiger partial charge in [-0.3, -0.25) is 4.98 Å². The van der Waals surface area contributed by atoms with Gasteiger partial charge in [0.1, 0.15) is 0 Å². The van der Waals surface area contributed by atoms with Gasteiger partial charge in [-0.05, 0) is 31.0 Å². The fraction of sp³-hybridized carbons (Fsp3) is 0.444. The van der Waals surface area contributed by atoms with E-state index in [0.717, 1.165) is 13.0 Å². The van der Waals surface area contributed by atoms with E-state index < -0.39 is 0 Å². The summed E-state index contributed by atoms with van der Waals surface area (Å²) in [6.07, 6.45) is 4.58. The molecule has 1 rings (SSSR count). The van der Waals surface area contributed by atoms with Gasteiger partial charge in [-0.25, -0.2) is 5.48 Å². The van der Waals surface area contributed by atoms with Crippen LogP contribution in [-0.2, 0) is 11.3 Å². The fourth-order valence-electron chi connectivity index (χ4n) is 0.919. The molecule has 0 bridgehead atoms. The highest BCUT2D eigenvalue weighted by Crippen LogP contribution is 1.95. The Balaban J connectivity index is 2.16. The van der Waals surface area contributed by atoms with E-state index in [2.05, 4.69) is 10.5 Å². The average molecular weight is 166 g/mol. The number of rotatable bonds is 5. The van der Waals surface area contributed by atoms with Crippen LogP contribution in [0.25, 0.3) is 0 Å². The van der Waals surface area contributed by atoms with E-state index in [1.165, 1.54) is 5.56 Å². The van der Waals surface area contributed by atoms with Crippen molar-refractivity contribution >= 4 is 0 Å². The number of hydroxylamine groups is 1. The highest BCUT2D eigenvalue weighted by atomic mass is 16.6. The molecule has 3 nitrogen and oxygen atoms in total. The Morgan fingerprint density at radius 2 is 2.17 bits per heavy atom. The van der Waals surface area contributed by atoms with Crippen molar-refractivity contribution in [1.82, 2.24) is 10.5 Å². The molecule has 0 saturated heterocycles. The lowest BCUT2D eigenvalue weighted by molar-refractivity contribution is 0.0519. The zero-order chi connectivity index (χ0) is 8.65. The molecule has 0 saturated carbocycles. The second kappa shape index (κ2) is 5.69. The van der Waals surface area contributed by atoms with Gasteiger partial charge in [-0.15, -0.1) is 0 Å². The minimum absolute atomic E-state index is 0.705. The van der Waals surface area contributed by atoms with Gasteiger partial charge in [-0.1, -0.05) is 0 Å². The van der Waals surface area contributed by atoms with Crippen molar-refractivity contribution in [1.29, 1.82) is 0 Å². The second-order valence-electron chi connectivity index (χ2n) is 2.43. The largest absolute Gasteiger partial charge is 0.302 e. The van der Waals surface area contributed by atoms with Crippen LogP contribution in [0.4, 0.5) is 0 Å². The fourth-order valence-corrected chi connectivity index (χ4v) is 0.919. The van der Waals surface area contributed by atoms with Gasteiger partial charge in [0.25, 0.3) is 0 Å². The predicted molar refractivity (Wildman–Crippen MR) is 47.6 cm³/mol. The van der Waals surface area contributed by atoms with E-state index in [0.29, 0.717) is 6.61 Å². The SMILES string of the molecule is CCONCCc1ccncc1. The summed E-state index contributed by atoms with van der Waals surface area (Å²) in [5.41, 5.74) is 4.14. The molecular weight excluding hydrogens is 152 g/mol. The molecule has 0 aromatic carbocycles. The van der Waals surface area contributed by atoms with Crippen LogP contribution in [0.3, 0.4) is 0 Å². The number of nitrogens with one attached hydrogen (secondary N) is 1. The molecule has 66 valence electrons. The molecule has 0 fully saturated rings. The van der Waals surface area contributed by atoms with Crippen LogP contribution in [0, 0.1) is 0 Å². The molecule has 1 aromatic rings. The summed E-state index contributed by atoms with van der Waals surface area (Å²) < 4.78 is 0. The molecule has 1 heterocycles. The molecule has 0 unspecified atom stereocenters. The Kier molecular flexibility index (Phi) is 4.34. The number of aromatic nitrogens is 1. The Bertz CT molecular complexity index is 201. The molecule has 0 radical (unpaired) electrons. The van der Waals surface area contributed by atoms with Gasteiger partial charge >= 0.3 is 0 Å².